The van der Waals surface area contributed by atoms with Gasteiger partial charge in [-0.25, -0.2) is 4.98 Å². The summed E-state index contributed by atoms with van der Waals surface area (Å²) in [5.74, 6) is 0.552. The van der Waals surface area contributed by atoms with Crippen molar-refractivity contribution in [3.8, 4) is 0 Å². The lowest BCUT2D eigenvalue weighted by atomic mass is 10.3. The number of hydrogen-bond donors (Lipinski definition) is 1. The largest absolute Gasteiger partial charge is 0.382 e. The van der Waals surface area contributed by atoms with Gasteiger partial charge in [-0.1, -0.05) is 0 Å². The van der Waals surface area contributed by atoms with Gasteiger partial charge in [-0.2, -0.15) is 0 Å². The standard InChI is InChI=1S/C8H8BrN3/c1-5-2-6(9)3-12-4-7(10)11-8(5)12/h2-4H,10H2,1H3. The summed E-state index contributed by atoms with van der Waals surface area (Å²) in [6.45, 7) is 2.01. The molecule has 0 amide bonds. The second-order valence-corrected chi connectivity index (χ2v) is 3.65. The smallest absolute Gasteiger partial charge is 0.142 e. The Balaban J connectivity index is 2.88. The highest BCUT2D eigenvalue weighted by atomic mass is 79.9. The van der Waals surface area contributed by atoms with Gasteiger partial charge in [-0.3, -0.25) is 0 Å². The summed E-state index contributed by atoms with van der Waals surface area (Å²) in [7, 11) is 0. The fraction of sp³-hybridized carbons (Fsp3) is 0.125. The molecule has 62 valence electrons. The van der Waals surface area contributed by atoms with Crippen LogP contribution in [-0.4, -0.2) is 9.38 Å². The Morgan fingerprint density at radius 2 is 2.25 bits per heavy atom. The van der Waals surface area contributed by atoms with Gasteiger partial charge >= 0.3 is 0 Å². The van der Waals surface area contributed by atoms with Crippen molar-refractivity contribution in [2.24, 2.45) is 0 Å². The first-order chi connectivity index (χ1) is 5.66. The molecule has 0 radical (unpaired) electrons. The SMILES string of the molecule is Cc1cc(Br)cn2cc(N)nc12. The first-order valence-electron chi connectivity index (χ1n) is 3.57. The van der Waals surface area contributed by atoms with Gasteiger partial charge in [-0.15, -0.1) is 0 Å². The fourth-order valence-corrected chi connectivity index (χ4v) is 1.81. The van der Waals surface area contributed by atoms with E-state index in [0.717, 1.165) is 15.7 Å². The highest BCUT2D eigenvalue weighted by molar-refractivity contribution is 9.10. The van der Waals surface area contributed by atoms with Crippen molar-refractivity contribution in [2.45, 2.75) is 6.92 Å². The molecule has 0 aliphatic rings. The fourth-order valence-electron chi connectivity index (χ4n) is 1.24. The molecule has 0 aromatic carbocycles. The van der Waals surface area contributed by atoms with Gasteiger partial charge in [0, 0.05) is 10.7 Å². The number of fused-ring (bicyclic) bond motifs is 1. The molecular weight excluding hydrogens is 218 g/mol. The van der Waals surface area contributed by atoms with Gasteiger partial charge in [0.2, 0.25) is 0 Å². The molecule has 0 bridgehead atoms. The van der Waals surface area contributed by atoms with Crippen LogP contribution in [0, 0.1) is 6.92 Å². The van der Waals surface area contributed by atoms with Crippen molar-refractivity contribution in [3.63, 3.8) is 0 Å². The average molecular weight is 226 g/mol. The molecule has 0 spiro atoms. The van der Waals surface area contributed by atoms with Gasteiger partial charge in [-0.05, 0) is 34.5 Å². The number of imidazole rings is 1. The van der Waals surface area contributed by atoms with Crippen LogP contribution in [0.25, 0.3) is 5.65 Å². The normalized spacial score (nSPS) is 10.8. The second kappa shape index (κ2) is 2.48. The molecule has 12 heavy (non-hydrogen) atoms. The van der Waals surface area contributed by atoms with Gasteiger partial charge in [0.15, 0.2) is 0 Å². The zero-order valence-corrected chi connectivity index (χ0v) is 8.17. The third-order valence-corrected chi connectivity index (χ3v) is 2.15. The quantitative estimate of drug-likeness (QED) is 0.746. The zero-order valence-electron chi connectivity index (χ0n) is 6.58. The highest BCUT2D eigenvalue weighted by Gasteiger charge is 2.01. The van der Waals surface area contributed by atoms with E-state index < -0.39 is 0 Å². The number of nitrogen functional groups attached to an aromatic ring is 1. The van der Waals surface area contributed by atoms with Crippen molar-refractivity contribution in [1.82, 2.24) is 9.38 Å². The molecule has 2 aromatic rings. The van der Waals surface area contributed by atoms with Crippen LogP contribution < -0.4 is 5.73 Å². The van der Waals surface area contributed by atoms with E-state index in [4.69, 9.17) is 5.73 Å². The molecule has 2 rings (SSSR count). The molecule has 2 heterocycles. The lowest BCUT2D eigenvalue weighted by Crippen LogP contribution is -1.86. The number of rotatable bonds is 0. The number of hydrogen-bond acceptors (Lipinski definition) is 2. The first kappa shape index (κ1) is 7.61. The number of nitrogens with zero attached hydrogens (tertiary/aromatic N) is 2. The second-order valence-electron chi connectivity index (χ2n) is 2.74. The van der Waals surface area contributed by atoms with Crippen LogP contribution in [0.5, 0.6) is 0 Å². The minimum absolute atomic E-state index is 0.552. The summed E-state index contributed by atoms with van der Waals surface area (Å²) in [5, 5.41) is 0. The topological polar surface area (TPSA) is 43.3 Å². The number of halogens is 1. The highest BCUT2D eigenvalue weighted by Crippen LogP contribution is 2.17. The van der Waals surface area contributed by atoms with Crippen LogP contribution in [0.15, 0.2) is 22.9 Å². The van der Waals surface area contributed by atoms with Crippen molar-refractivity contribution in [1.29, 1.82) is 0 Å². The summed E-state index contributed by atoms with van der Waals surface area (Å²) in [4.78, 5) is 4.17. The van der Waals surface area contributed by atoms with E-state index in [2.05, 4.69) is 20.9 Å². The number of aryl methyl sites for hydroxylation is 1. The lowest BCUT2D eigenvalue weighted by Gasteiger charge is -1.97. The number of nitrogens with two attached hydrogens (primary N) is 1. The maximum absolute atomic E-state index is 5.56. The molecule has 2 N–H and O–H groups in total. The van der Waals surface area contributed by atoms with Gasteiger partial charge in [0.05, 0.1) is 6.20 Å². The minimum Gasteiger partial charge on any atom is -0.382 e. The molecule has 4 heteroatoms. The summed E-state index contributed by atoms with van der Waals surface area (Å²) in [5.41, 5.74) is 7.59. The molecule has 0 saturated carbocycles. The van der Waals surface area contributed by atoms with E-state index in [-0.39, 0.29) is 0 Å². The molecule has 2 aromatic heterocycles. The lowest BCUT2D eigenvalue weighted by molar-refractivity contribution is 1.15. The van der Waals surface area contributed by atoms with Crippen LogP contribution in [0.3, 0.4) is 0 Å². The van der Waals surface area contributed by atoms with Gasteiger partial charge in [0.25, 0.3) is 0 Å². The molecule has 0 saturated heterocycles. The van der Waals surface area contributed by atoms with E-state index in [1.54, 1.807) is 6.20 Å². The van der Waals surface area contributed by atoms with Crippen LogP contribution in [0.4, 0.5) is 5.82 Å². The average Bonchev–Trinajstić information content (AvgIpc) is 2.29. The summed E-state index contributed by atoms with van der Waals surface area (Å²) in [6, 6.07) is 2.02. The van der Waals surface area contributed by atoms with Crippen molar-refractivity contribution in [2.75, 3.05) is 5.73 Å². The Kier molecular flexibility index (Phi) is 1.58. The van der Waals surface area contributed by atoms with E-state index in [0.29, 0.717) is 5.82 Å². The maximum atomic E-state index is 5.56. The van der Waals surface area contributed by atoms with Crippen molar-refractivity contribution < 1.29 is 0 Å². The number of aromatic nitrogens is 2. The first-order valence-corrected chi connectivity index (χ1v) is 4.36. The Hall–Kier alpha value is -1.03. The van der Waals surface area contributed by atoms with Crippen LogP contribution in [-0.2, 0) is 0 Å². The minimum atomic E-state index is 0.552. The van der Waals surface area contributed by atoms with Gasteiger partial charge < -0.3 is 10.1 Å². The molecule has 0 atom stereocenters. The van der Waals surface area contributed by atoms with Crippen LogP contribution >= 0.6 is 15.9 Å². The summed E-state index contributed by atoms with van der Waals surface area (Å²) >= 11 is 3.40. The number of pyridine rings is 1. The molecule has 0 unspecified atom stereocenters. The monoisotopic (exact) mass is 225 g/mol. The maximum Gasteiger partial charge on any atom is 0.142 e. The van der Waals surface area contributed by atoms with Crippen LogP contribution in [0.1, 0.15) is 5.56 Å². The predicted octanol–water partition coefficient (Wildman–Crippen LogP) is 1.99. The molecular formula is C8H8BrN3. The predicted molar refractivity (Wildman–Crippen MR) is 52.0 cm³/mol. The Morgan fingerprint density at radius 3 is 3.00 bits per heavy atom. The Morgan fingerprint density at radius 1 is 1.50 bits per heavy atom. The van der Waals surface area contributed by atoms with Crippen LogP contribution in [0.2, 0.25) is 0 Å². The number of anilines is 1. The third-order valence-electron chi connectivity index (χ3n) is 1.72. The van der Waals surface area contributed by atoms with E-state index >= 15 is 0 Å². The van der Waals surface area contributed by atoms with E-state index in [1.165, 1.54) is 0 Å². The summed E-state index contributed by atoms with van der Waals surface area (Å²) in [6.07, 6.45) is 3.73. The zero-order chi connectivity index (χ0) is 8.72. The van der Waals surface area contributed by atoms with E-state index in [1.807, 2.05) is 23.6 Å². The molecule has 0 aliphatic carbocycles. The molecule has 3 nitrogen and oxygen atoms in total. The Labute approximate surface area is 78.3 Å². The Bertz CT molecular complexity index is 433. The summed E-state index contributed by atoms with van der Waals surface area (Å²) < 4.78 is 2.94. The molecule has 0 aliphatic heterocycles. The third kappa shape index (κ3) is 1.08. The van der Waals surface area contributed by atoms with E-state index in [9.17, 15) is 0 Å². The van der Waals surface area contributed by atoms with Crippen molar-refractivity contribution >= 4 is 27.4 Å². The van der Waals surface area contributed by atoms with Gasteiger partial charge in [0.1, 0.15) is 11.5 Å². The van der Waals surface area contributed by atoms with Crippen molar-refractivity contribution in [3.05, 3.63) is 28.5 Å². The molecule has 0 fully saturated rings.